The summed E-state index contributed by atoms with van der Waals surface area (Å²) in [6.07, 6.45) is 5.11. The highest BCUT2D eigenvalue weighted by Crippen LogP contribution is 2.09. The molecule has 0 bridgehead atoms. The average molecular weight is 278 g/mol. The molecule has 3 aromatic rings. The Kier molecular flexibility index (Phi) is 3.54. The van der Waals surface area contributed by atoms with E-state index in [1.165, 1.54) is 0 Å². The van der Waals surface area contributed by atoms with Crippen LogP contribution < -0.4 is 11.3 Å². The van der Waals surface area contributed by atoms with Crippen LogP contribution in [0.4, 0.5) is 0 Å². The number of fused-ring (bicyclic) bond motifs is 1. The van der Waals surface area contributed by atoms with Crippen LogP contribution in [0, 0.1) is 11.8 Å². The van der Waals surface area contributed by atoms with E-state index in [0.29, 0.717) is 18.6 Å². The predicted molar refractivity (Wildman–Crippen MR) is 80.9 cm³/mol. The lowest BCUT2D eigenvalue weighted by molar-refractivity contribution is 0.742. The Labute approximate surface area is 121 Å². The van der Waals surface area contributed by atoms with Crippen LogP contribution in [0.5, 0.6) is 0 Å². The van der Waals surface area contributed by atoms with Gasteiger partial charge in [-0.05, 0) is 17.7 Å². The van der Waals surface area contributed by atoms with Gasteiger partial charge in [0.2, 0.25) is 0 Å². The van der Waals surface area contributed by atoms with Crippen LogP contribution in [0.3, 0.4) is 0 Å². The second kappa shape index (κ2) is 5.65. The Morgan fingerprint density at radius 2 is 2.05 bits per heavy atom. The van der Waals surface area contributed by atoms with E-state index >= 15 is 0 Å². The van der Waals surface area contributed by atoms with Gasteiger partial charge >= 0.3 is 0 Å². The van der Waals surface area contributed by atoms with Crippen molar-refractivity contribution < 1.29 is 0 Å². The summed E-state index contributed by atoms with van der Waals surface area (Å²) in [5, 5.41) is 4.05. The third kappa shape index (κ3) is 2.57. The Balaban J connectivity index is 2.03. The lowest BCUT2D eigenvalue weighted by Gasteiger charge is -2.08. The van der Waals surface area contributed by atoms with Gasteiger partial charge in [0.05, 0.1) is 19.3 Å². The number of nitrogens with zero attached hydrogens (tertiary/aromatic N) is 3. The minimum absolute atomic E-state index is 0.0726. The van der Waals surface area contributed by atoms with Gasteiger partial charge in [-0.15, -0.1) is 0 Å². The van der Waals surface area contributed by atoms with Crippen LogP contribution in [0.15, 0.2) is 53.7 Å². The Bertz CT molecular complexity index is 896. The van der Waals surface area contributed by atoms with Gasteiger partial charge < -0.3 is 10.3 Å². The quantitative estimate of drug-likeness (QED) is 0.707. The first-order valence-electron chi connectivity index (χ1n) is 6.59. The molecule has 0 aliphatic rings. The molecule has 21 heavy (non-hydrogen) atoms. The molecule has 104 valence electrons. The number of hydrogen-bond acceptors (Lipinski definition) is 3. The van der Waals surface area contributed by atoms with Crippen LogP contribution in [-0.4, -0.2) is 20.7 Å². The van der Waals surface area contributed by atoms with Crippen LogP contribution in [0.25, 0.3) is 5.52 Å². The molecule has 3 rings (SSSR count). The van der Waals surface area contributed by atoms with Crippen molar-refractivity contribution >= 4 is 5.52 Å². The van der Waals surface area contributed by atoms with E-state index in [-0.39, 0.29) is 5.56 Å². The second-order valence-electron chi connectivity index (χ2n) is 4.56. The van der Waals surface area contributed by atoms with Crippen LogP contribution in [-0.2, 0) is 6.54 Å². The van der Waals surface area contributed by atoms with Crippen molar-refractivity contribution in [2.45, 2.75) is 6.54 Å². The molecule has 5 nitrogen and oxygen atoms in total. The molecule has 2 heterocycles. The molecular formula is C16H14N4O. The normalized spacial score (nSPS) is 10.3. The fourth-order valence-electron chi connectivity index (χ4n) is 2.20. The van der Waals surface area contributed by atoms with Crippen molar-refractivity contribution in [1.82, 2.24) is 14.2 Å². The highest BCUT2D eigenvalue weighted by Gasteiger charge is 2.05. The molecule has 0 fully saturated rings. The molecule has 0 unspecified atom stereocenters. The molecule has 0 radical (unpaired) electrons. The van der Waals surface area contributed by atoms with Gasteiger partial charge in [-0.25, -0.2) is 4.52 Å². The van der Waals surface area contributed by atoms with Gasteiger partial charge in [0.15, 0.2) is 0 Å². The first kappa shape index (κ1) is 13.2. The molecule has 0 saturated carbocycles. The number of benzene rings is 1. The zero-order valence-corrected chi connectivity index (χ0v) is 11.4. The van der Waals surface area contributed by atoms with Gasteiger partial charge in [0.25, 0.3) is 5.56 Å². The summed E-state index contributed by atoms with van der Waals surface area (Å²) in [7, 11) is 0. The highest BCUT2D eigenvalue weighted by atomic mass is 16.1. The predicted octanol–water partition coefficient (Wildman–Crippen LogP) is 0.855. The molecule has 0 amide bonds. The van der Waals surface area contributed by atoms with Crippen molar-refractivity contribution in [3.8, 4) is 11.8 Å². The Morgan fingerprint density at radius 3 is 2.90 bits per heavy atom. The maximum atomic E-state index is 12.4. The zero-order chi connectivity index (χ0) is 14.7. The van der Waals surface area contributed by atoms with Crippen molar-refractivity contribution in [2.75, 3.05) is 6.54 Å². The minimum atomic E-state index is -0.0726. The first-order chi connectivity index (χ1) is 10.3. The highest BCUT2D eigenvalue weighted by molar-refractivity contribution is 5.44. The monoisotopic (exact) mass is 278 g/mol. The van der Waals surface area contributed by atoms with Crippen molar-refractivity contribution in [3.05, 3.63) is 70.4 Å². The van der Waals surface area contributed by atoms with Crippen molar-refractivity contribution in [2.24, 2.45) is 5.73 Å². The Hall–Kier alpha value is -2.84. The first-order valence-corrected chi connectivity index (χ1v) is 6.59. The number of aromatic nitrogens is 3. The average Bonchev–Trinajstić information content (AvgIpc) is 2.98. The van der Waals surface area contributed by atoms with Gasteiger partial charge in [-0.1, -0.05) is 30.0 Å². The third-order valence-electron chi connectivity index (χ3n) is 3.22. The zero-order valence-electron chi connectivity index (χ0n) is 11.4. The summed E-state index contributed by atoms with van der Waals surface area (Å²) in [6, 6.07) is 9.46. The molecule has 2 aromatic heterocycles. The molecule has 0 aliphatic carbocycles. The summed E-state index contributed by atoms with van der Waals surface area (Å²) in [5.41, 5.74) is 7.78. The van der Waals surface area contributed by atoms with E-state index in [4.69, 9.17) is 5.73 Å². The summed E-state index contributed by atoms with van der Waals surface area (Å²) < 4.78 is 3.22. The van der Waals surface area contributed by atoms with E-state index in [1.54, 1.807) is 33.7 Å². The third-order valence-corrected chi connectivity index (χ3v) is 3.22. The fourth-order valence-corrected chi connectivity index (χ4v) is 2.20. The van der Waals surface area contributed by atoms with Gasteiger partial charge in [0.1, 0.15) is 5.52 Å². The molecule has 0 saturated heterocycles. The number of nitrogens with two attached hydrogens (primary N) is 1. The molecule has 5 heteroatoms. The smallest absolute Gasteiger partial charge is 0.276 e. The molecule has 0 atom stereocenters. The van der Waals surface area contributed by atoms with Gasteiger partial charge in [-0.3, -0.25) is 4.79 Å². The largest absolute Gasteiger partial charge is 0.320 e. The van der Waals surface area contributed by atoms with E-state index in [2.05, 4.69) is 16.9 Å². The SMILES string of the molecule is NCC#Cc1ccccc1Cn1ccn2nccc2c1=O. The van der Waals surface area contributed by atoms with E-state index in [9.17, 15) is 4.79 Å². The Morgan fingerprint density at radius 1 is 1.19 bits per heavy atom. The second-order valence-corrected chi connectivity index (χ2v) is 4.56. The minimum Gasteiger partial charge on any atom is -0.320 e. The van der Waals surface area contributed by atoms with Gasteiger partial charge in [0, 0.05) is 18.0 Å². The lowest BCUT2D eigenvalue weighted by Crippen LogP contribution is -2.22. The topological polar surface area (TPSA) is 65.3 Å². The van der Waals surface area contributed by atoms with Crippen LogP contribution in [0.1, 0.15) is 11.1 Å². The van der Waals surface area contributed by atoms with Gasteiger partial charge in [-0.2, -0.15) is 5.10 Å². The molecule has 0 spiro atoms. The maximum Gasteiger partial charge on any atom is 0.276 e. The van der Waals surface area contributed by atoms with Crippen molar-refractivity contribution in [3.63, 3.8) is 0 Å². The molecular weight excluding hydrogens is 264 g/mol. The van der Waals surface area contributed by atoms with E-state index < -0.39 is 0 Å². The summed E-state index contributed by atoms with van der Waals surface area (Å²) >= 11 is 0. The number of rotatable bonds is 2. The summed E-state index contributed by atoms with van der Waals surface area (Å²) in [5.74, 6) is 5.88. The maximum absolute atomic E-state index is 12.4. The number of hydrogen-bond donors (Lipinski definition) is 1. The lowest BCUT2D eigenvalue weighted by atomic mass is 10.1. The summed E-state index contributed by atoms with van der Waals surface area (Å²) in [6.45, 7) is 0.784. The van der Waals surface area contributed by atoms with Crippen molar-refractivity contribution in [1.29, 1.82) is 0 Å². The van der Waals surface area contributed by atoms with E-state index in [0.717, 1.165) is 11.1 Å². The molecule has 1 aromatic carbocycles. The van der Waals surface area contributed by atoms with Crippen LogP contribution in [0.2, 0.25) is 0 Å². The summed E-state index contributed by atoms with van der Waals surface area (Å²) in [4.78, 5) is 12.4. The standard InChI is InChI=1S/C16H14N4O/c17-8-3-6-13-4-1-2-5-14(13)12-19-10-11-20-15(16(19)21)7-9-18-20/h1-2,4-5,7,9-11H,8,12,17H2. The van der Waals surface area contributed by atoms with E-state index in [1.807, 2.05) is 24.3 Å². The molecule has 2 N–H and O–H groups in total. The van der Waals surface area contributed by atoms with Crippen LogP contribution >= 0.6 is 0 Å². The fraction of sp³-hybridized carbons (Fsp3) is 0.125. The molecule has 0 aliphatic heterocycles.